The third kappa shape index (κ3) is 2.96. The van der Waals surface area contributed by atoms with Crippen LogP contribution in [0, 0.1) is 5.41 Å². The maximum absolute atomic E-state index is 11.0. The highest BCUT2D eigenvalue weighted by atomic mass is 16.4. The first kappa shape index (κ1) is 12.0. The lowest BCUT2D eigenvalue weighted by Crippen LogP contribution is -2.64. The van der Waals surface area contributed by atoms with E-state index in [1.165, 1.54) is 0 Å². The molecule has 0 spiro atoms. The number of carboxylic acids is 1. The summed E-state index contributed by atoms with van der Waals surface area (Å²) in [7, 11) is 0. The molecule has 0 fully saturated rings. The lowest BCUT2D eigenvalue weighted by molar-refractivity contribution is -0.144. The molecule has 0 bridgehead atoms. The van der Waals surface area contributed by atoms with Crippen LogP contribution < -0.4 is 16.8 Å². The second kappa shape index (κ2) is 4.63. The van der Waals surface area contributed by atoms with Crippen LogP contribution in [0.3, 0.4) is 0 Å². The summed E-state index contributed by atoms with van der Waals surface area (Å²) < 4.78 is 0. The van der Waals surface area contributed by atoms with Gasteiger partial charge in [0.1, 0.15) is 0 Å². The van der Waals surface area contributed by atoms with E-state index in [0.717, 1.165) is 5.56 Å². The molecule has 7 N–H and O–H groups in total. The van der Waals surface area contributed by atoms with Crippen molar-refractivity contribution in [3.8, 4) is 0 Å². The first-order valence-corrected chi connectivity index (χ1v) is 4.62. The summed E-state index contributed by atoms with van der Waals surface area (Å²) in [6.07, 6.45) is 0.0444. The van der Waals surface area contributed by atoms with E-state index in [4.69, 9.17) is 22.0 Å². The Labute approximate surface area is 92.8 Å². The van der Waals surface area contributed by atoms with Gasteiger partial charge < -0.3 is 16.2 Å². The molecule has 0 saturated heterocycles. The third-order valence-corrected chi connectivity index (χ3v) is 2.07. The van der Waals surface area contributed by atoms with Crippen molar-refractivity contribution in [3.63, 3.8) is 0 Å². The highest BCUT2D eigenvalue weighted by Gasteiger charge is 2.34. The van der Waals surface area contributed by atoms with Gasteiger partial charge in [0.2, 0.25) is 0 Å². The van der Waals surface area contributed by atoms with Crippen LogP contribution in [0.25, 0.3) is 0 Å². The largest absolute Gasteiger partial charge is 0.478 e. The van der Waals surface area contributed by atoms with Crippen molar-refractivity contribution in [2.24, 2.45) is 11.5 Å². The summed E-state index contributed by atoms with van der Waals surface area (Å²) in [6, 6.07) is 8.90. The molecule has 16 heavy (non-hydrogen) atoms. The fourth-order valence-corrected chi connectivity index (χ4v) is 1.33. The molecule has 0 aliphatic rings. The molecular formula is C10H14N4O2. The van der Waals surface area contributed by atoms with Gasteiger partial charge in [0.25, 0.3) is 0 Å². The molecule has 0 radical (unpaired) electrons. The van der Waals surface area contributed by atoms with E-state index in [9.17, 15) is 4.79 Å². The maximum atomic E-state index is 11.0. The summed E-state index contributed by atoms with van der Waals surface area (Å²) in [5, 5.41) is 18.3. The normalized spacial score (nSPS) is 13.8. The Morgan fingerprint density at radius 1 is 1.44 bits per heavy atom. The van der Waals surface area contributed by atoms with Crippen molar-refractivity contribution in [1.82, 2.24) is 5.32 Å². The Hall–Kier alpha value is -2.08. The number of hydrogen-bond donors (Lipinski definition) is 5. The molecule has 0 amide bonds. The van der Waals surface area contributed by atoms with Crippen LogP contribution in [0.15, 0.2) is 30.3 Å². The van der Waals surface area contributed by atoms with Crippen molar-refractivity contribution < 1.29 is 9.90 Å². The number of guanidine groups is 1. The first-order chi connectivity index (χ1) is 7.44. The minimum absolute atomic E-state index is 0.0444. The zero-order chi connectivity index (χ0) is 12.2. The molecule has 0 heterocycles. The van der Waals surface area contributed by atoms with Crippen LogP contribution in [0.2, 0.25) is 0 Å². The average molecular weight is 222 g/mol. The Morgan fingerprint density at radius 2 is 2.00 bits per heavy atom. The third-order valence-electron chi connectivity index (χ3n) is 2.07. The number of nitrogens with one attached hydrogen (secondary N) is 2. The molecule has 1 atom stereocenters. The van der Waals surface area contributed by atoms with E-state index in [-0.39, 0.29) is 6.42 Å². The van der Waals surface area contributed by atoms with Crippen LogP contribution >= 0.6 is 0 Å². The van der Waals surface area contributed by atoms with Crippen LogP contribution in [-0.2, 0) is 11.2 Å². The summed E-state index contributed by atoms with van der Waals surface area (Å²) in [5.74, 6) is -1.73. The van der Waals surface area contributed by atoms with Crippen molar-refractivity contribution in [2.45, 2.75) is 12.1 Å². The quantitative estimate of drug-likeness (QED) is 0.265. The maximum Gasteiger partial charge on any atom is 0.344 e. The first-order valence-electron chi connectivity index (χ1n) is 4.62. The molecule has 1 aromatic carbocycles. The average Bonchev–Trinajstić information content (AvgIpc) is 2.17. The Bertz CT molecular complexity index is 393. The molecule has 6 heteroatoms. The predicted molar refractivity (Wildman–Crippen MR) is 59.8 cm³/mol. The van der Waals surface area contributed by atoms with Gasteiger partial charge in [-0.25, -0.2) is 4.79 Å². The summed E-state index contributed by atoms with van der Waals surface area (Å²) in [5.41, 5.74) is 9.74. The number of carboxylic acid groups (broad SMARTS) is 1. The van der Waals surface area contributed by atoms with Gasteiger partial charge in [-0.2, -0.15) is 0 Å². The summed E-state index contributed by atoms with van der Waals surface area (Å²) >= 11 is 0. The van der Waals surface area contributed by atoms with E-state index in [0.29, 0.717) is 0 Å². The van der Waals surface area contributed by atoms with Crippen molar-refractivity contribution >= 4 is 11.9 Å². The van der Waals surface area contributed by atoms with Gasteiger partial charge in [-0.1, -0.05) is 30.3 Å². The molecular weight excluding hydrogens is 208 g/mol. The van der Waals surface area contributed by atoms with Gasteiger partial charge in [0, 0.05) is 6.42 Å². The summed E-state index contributed by atoms with van der Waals surface area (Å²) in [4.78, 5) is 11.0. The lowest BCUT2D eigenvalue weighted by Gasteiger charge is -2.26. The van der Waals surface area contributed by atoms with Crippen molar-refractivity contribution in [2.75, 3.05) is 0 Å². The van der Waals surface area contributed by atoms with Crippen LogP contribution in [0.5, 0.6) is 0 Å². The monoisotopic (exact) mass is 222 g/mol. The molecule has 0 aliphatic heterocycles. The zero-order valence-electron chi connectivity index (χ0n) is 8.60. The highest BCUT2D eigenvalue weighted by Crippen LogP contribution is 2.08. The molecule has 1 aromatic rings. The van der Waals surface area contributed by atoms with Crippen molar-refractivity contribution in [3.05, 3.63) is 35.9 Å². The van der Waals surface area contributed by atoms with E-state index >= 15 is 0 Å². The number of benzene rings is 1. The van der Waals surface area contributed by atoms with E-state index in [2.05, 4.69) is 5.32 Å². The topological polar surface area (TPSA) is 125 Å². The van der Waals surface area contributed by atoms with E-state index in [1.54, 1.807) is 24.3 Å². The molecule has 0 saturated carbocycles. The zero-order valence-corrected chi connectivity index (χ0v) is 8.60. The number of nitrogens with two attached hydrogens (primary N) is 2. The minimum Gasteiger partial charge on any atom is -0.478 e. The van der Waals surface area contributed by atoms with Gasteiger partial charge in [0.05, 0.1) is 0 Å². The second-order valence-corrected chi connectivity index (χ2v) is 3.48. The predicted octanol–water partition coefficient (Wildman–Crippen LogP) is -0.548. The van der Waals surface area contributed by atoms with Gasteiger partial charge in [-0.05, 0) is 5.56 Å². The number of rotatable bonds is 4. The molecule has 0 aliphatic carbocycles. The minimum atomic E-state index is -1.76. The highest BCUT2D eigenvalue weighted by molar-refractivity contribution is 5.86. The van der Waals surface area contributed by atoms with Crippen LogP contribution in [0.1, 0.15) is 5.56 Å². The van der Waals surface area contributed by atoms with Crippen LogP contribution in [-0.4, -0.2) is 22.7 Å². The fraction of sp³-hybridized carbons (Fsp3) is 0.200. The standard InChI is InChI=1S/C10H14N4O2/c11-9(12)14-10(13,8(15)16)6-7-4-2-1-3-5-7/h1-5H,6,13H2,(H,15,16)(H4,11,12,14). The Balaban J connectivity index is 2.87. The Morgan fingerprint density at radius 3 is 2.44 bits per heavy atom. The lowest BCUT2D eigenvalue weighted by atomic mass is 10.0. The van der Waals surface area contributed by atoms with Gasteiger partial charge in [-0.15, -0.1) is 0 Å². The molecule has 6 nitrogen and oxygen atoms in total. The molecule has 86 valence electrons. The summed E-state index contributed by atoms with van der Waals surface area (Å²) in [6.45, 7) is 0. The van der Waals surface area contributed by atoms with Crippen LogP contribution in [0.4, 0.5) is 0 Å². The molecule has 1 unspecified atom stereocenters. The van der Waals surface area contributed by atoms with Gasteiger partial charge in [-0.3, -0.25) is 11.1 Å². The Kier molecular flexibility index (Phi) is 3.47. The smallest absolute Gasteiger partial charge is 0.344 e. The van der Waals surface area contributed by atoms with E-state index in [1.807, 2.05) is 6.07 Å². The number of aliphatic carboxylic acids is 1. The van der Waals surface area contributed by atoms with Crippen molar-refractivity contribution in [1.29, 1.82) is 5.41 Å². The number of hydrogen-bond acceptors (Lipinski definition) is 3. The second-order valence-electron chi connectivity index (χ2n) is 3.48. The van der Waals surface area contributed by atoms with E-state index < -0.39 is 17.6 Å². The fourth-order valence-electron chi connectivity index (χ4n) is 1.33. The van der Waals surface area contributed by atoms with Gasteiger partial charge >= 0.3 is 5.97 Å². The number of carbonyl (C=O) groups is 1. The molecule has 1 rings (SSSR count). The van der Waals surface area contributed by atoms with Gasteiger partial charge in [0.15, 0.2) is 11.6 Å². The SMILES string of the molecule is N=C(N)NC(N)(Cc1ccccc1)C(=O)O. The molecule has 0 aromatic heterocycles.